The van der Waals surface area contributed by atoms with Crippen LogP contribution in [-0.2, 0) is 0 Å². The van der Waals surface area contributed by atoms with Crippen LogP contribution in [0.4, 0.5) is 4.39 Å². The van der Waals surface area contributed by atoms with Crippen LogP contribution in [0.1, 0.15) is 15.2 Å². The van der Waals surface area contributed by atoms with E-state index in [0.29, 0.717) is 4.88 Å². The molecule has 0 saturated heterocycles. The number of halogens is 2. The molecule has 0 N–H and O–H groups in total. The Morgan fingerprint density at radius 3 is 2.47 bits per heavy atom. The third kappa shape index (κ3) is 3.35. The van der Waals surface area contributed by atoms with E-state index in [-0.39, 0.29) is 11.6 Å². The number of thiophene rings is 1. The van der Waals surface area contributed by atoms with Gasteiger partial charge < -0.3 is 0 Å². The lowest BCUT2D eigenvalue weighted by atomic mass is 10.2. The van der Waals surface area contributed by atoms with Gasteiger partial charge in [0.15, 0.2) is 5.78 Å². The Morgan fingerprint density at radius 1 is 1.18 bits per heavy atom. The number of ketones is 1. The summed E-state index contributed by atoms with van der Waals surface area (Å²) >= 11 is 4.69. The summed E-state index contributed by atoms with van der Waals surface area (Å²) in [7, 11) is 0. The first-order valence-corrected chi connectivity index (χ1v) is 6.49. The van der Waals surface area contributed by atoms with Gasteiger partial charge in [-0.05, 0) is 51.8 Å². The van der Waals surface area contributed by atoms with Crippen LogP contribution in [-0.4, -0.2) is 5.78 Å². The predicted molar refractivity (Wildman–Crippen MR) is 71.8 cm³/mol. The second-order valence-electron chi connectivity index (χ2n) is 3.35. The number of rotatable bonds is 3. The zero-order chi connectivity index (χ0) is 12.3. The van der Waals surface area contributed by atoms with Crippen molar-refractivity contribution in [2.45, 2.75) is 0 Å². The number of hydrogen-bond donors (Lipinski definition) is 0. The van der Waals surface area contributed by atoms with Gasteiger partial charge in [0.05, 0.1) is 8.66 Å². The summed E-state index contributed by atoms with van der Waals surface area (Å²) < 4.78 is 13.6. The summed E-state index contributed by atoms with van der Waals surface area (Å²) in [5, 5.41) is 0. The minimum absolute atomic E-state index is 0.0509. The van der Waals surface area contributed by atoms with Crippen molar-refractivity contribution >= 4 is 39.1 Å². The summed E-state index contributed by atoms with van der Waals surface area (Å²) in [6, 6.07) is 9.60. The molecule has 0 atom stereocenters. The molecule has 2 rings (SSSR count). The number of hydrogen-bond acceptors (Lipinski definition) is 2. The molecule has 0 spiro atoms. The van der Waals surface area contributed by atoms with Crippen molar-refractivity contribution in [3.8, 4) is 0 Å². The summed E-state index contributed by atoms with van der Waals surface area (Å²) in [6.07, 6.45) is 3.17. The maximum Gasteiger partial charge on any atom is 0.195 e. The molecule has 0 amide bonds. The molecule has 1 heterocycles. The minimum atomic E-state index is -0.282. The highest BCUT2D eigenvalue weighted by molar-refractivity contribution is 9.11. The monoisotopic (exact) mass is 310 g/mol. The second kappa shape index (κ2) is 5.38. The number of benzene rings is 1. The van der Waals surface area contributed by atoms with Gasteiger partial charge in [-0.15, -0.1) is 11.3 Å². The molecule has 1 aromatic carbocycles. The van der Waals surface area contributed by atoms with Crippen LogP contribution in [0.25, 0.3) is 6.08 Å². The van der Waals surface area contributed by atoms with Crippen molar-refractivity contribution in [2.75, 3.05) is 0 Å². The molecule has 0 aliphatic rings. The maximum atomic E-state index is 12.7. The van der Waals surface area contributed by atoms with Gasteiger partial charge in [0, 0.05) is 0 Å². The largest absolute Gasteiger partial charge is 0.288 e. The summed E-state index contributed by atoms with van der Waals surface area (Å²) in [5.41, 5.74) is 0.801. The van der Waals surface area contributed by atoms with Crippen LogP contribution in [0, 0.1) is 5.82 Å². The van der Waals surface area contributed by atoms with Crippen molar-refractivity contribution in [3.63, 3.8) is 0 Å². The lowest BCUT2D eigenvalue weighted by Crippen LogP contribution is -1.88. The average molecular weight is 311 g/mol. The molecule has 0 aliphatic carbocycles. The van der Waals surface area contributed by atoms with Gasteiger partial charge >= 0.3 is 0 Å². The van der Waals surface area contributed by atoms with Crippen molar-refractivity contribution in [1.29, 1.82) is 0 Å². The standard InChI is InChI=1S/C13H8BrFOS/c14-13-8-7-12(17-13)11(16)6-3-9-1-4-10(15)5-2-9/h1-8H/b6-3+. The Hall–Kier alpha value is -1.26. The van der Waals surface area contributed by atoms with Crippen LogP contribution in [0.15, 0.2) is 46.3 Å². The SMILES string of the molecule is O=C(/C=C/c1ccc(F)cc1)c1ccc(Br)s1. The molecule has 0 aliphatic heterocycles. The van der Waals surface area contributed by atoms with E-state index in [1.807, 2.05) is 6.07 Å². The Balaban J connectivity index is 2.10. The molecule has 4 heteroatoms. The van der Waals surface area contributed by atoms with Gasteiger partial charge in [-0.3, -0.25) is 4.79 Å². The van der Waals surface area contributed by atoms with Gasteiger partial charge in [0.1, 0.15) is 5.82 Å². The van der Waals surface area contributed by atoms with E-state index < -0.39 is 0 Å². The Kier molecular flexibility index (Phi) is 3.86. The Morgan fingerprint density at radius 2 is 1.88 bits per heavy atom. The minimum Gasteiger partial charge on any atom is -0.288 e. The van der Waals surface area contributed by atoms with Gasteiger partial charge in [0.2, 0.25) is 0 Å². The van der Waals surface area contributed by atoms with Gasteiger partial charge in [-0.25, -0.2) is 4.39 Å². The van der Waals surface area contributed by atoms with E-state index in [0.717, 1.165) is 9.35 Å². The molecule has 1 nitrogen and oxygen atoms in total. The Bertz CT molecular complexity index is 557. The van der Waals surface area contributed by atoms with Crippen molar-refractivity contribution in [3.05, 3.63) is 62.5 Å². The highest BCUT2D eigenvalue weighted by Crippen LogP contribution is 2.22. The quantitative estimate of drug-likeness (QED) is 0.600. The van der Waals surface area contributed by atoms with E-state index in [4.69, 9.17) is 0 Å². The van der Waals surface area contributed by atoms with E-state index >= 15 is 0 Å². The molecule has 0 saturated carbocycles. The van der Waals surface area contributed by atoms with Gasteiger partial charge in [-0.2, -0.15) is 0 Å². The number of carbonyl (C=O) groups is 1. The summed E-state index contributed by atoms with van der Waals surface area (Å²) in [5.74, 6) is -0.333. The molecule has 0 unspecified atom stereocenters. The molecule has 2 aromatic rings. The van der Waals surface area contributed by atoms with Gasteiger partial charge in [0.25, 0.3) is 0 Å². The molecule has 17 heavy (non-hydrogen) atoms. The topological polar surface area (TPSA) is 17.1 Å². The summed E-state index contributed by atoms with van der Waals surface area (Å²) in [4.78, 5) is 12.4. The zero-order valence-corrected chi connectivity index (χ0v) is 11.1. The predicted octanol–water partition coefficient (Wildman–Crippen LogP) is 4.55. The summed E-state index contributed by atoms with van der Waals surface area (Å²) in [6.45, 7) is 0. The Labute approximate surface area is 111 Å². The fourth-order valence-electron chi connectivity index (χ4n) is 1.27. The van der Waals surface area contributed by atoms with Crippen LogP contribution in [0.2, 0.25) is 0 Å². The van der Waals surface area contributed by atoms with E-state index in [9.17, 15) is 9.18 Å². The zero-order valence-electron chi connectivity index (χ0n) is 8.69. The average Bonchev–Trinajstić information content (AvgIpc) is 2.75. The molecular formula is C13H8BrFOS. The first-order valence-electron chi connectivity index (χ1n) is 4.88. The van der Waals surface area contributed by atoms with Crippen molar-refractivity contribution < 1.29 is 9.18 Å². The first-order chi connectivity index (χ1) is 8.15. The molecular weight excluding hydrogens is 303 g/mol. The number of carbonyl (C=O) groups excluding carboxylic acids is 1. The van der Waals surface area contributed by atoms with Crippen LogP contribution in [0.3, 0.4) is 0 Å². The third-order valence-electron chi connectivity index (χ3n) is 2.11. The van der Waals surface area contributed by atoms with E-state index in [1.54, 1.807) is 24.3 Å². The molecule has 0 fully saturated rings. The van der Waals surface area contributed by atoms with Gasteiger partial charge in [-0.1, -0.05) is 18.2 Å². The van der Waals surface area contributed by atoms with Crippen molar-refractivity contribution in [1.82, 2.24) is 0 Å². The fraction of sp³-hybridized carbons (Fsp3) is 0. The number of allylic oxidation sites excluding steroid dienone is 1. The van der Waals surface area contributed by atoms with E-state index in [1.165, 1.54) is 29.5 Å². The van der Waals surface area contributed by atoms with Crippen LogP contribution < -0.4 is 0 Å². The third-order valence-corrected chi connectivity index (χ3v) is 3.75. The lowest BCUT2D eigenvalue weighted by molar-refractivity contribution is 0.105. The maximum absolute atomic E-state index is 12.7. The lowest BCUT2D eigenvalue weighted by Gasteiger charge is -1.92. The molecule has 86 valence electrons. The highest BCUT2D eigenvalue weighted by Gasteiger charge is 2.04. The van der Waals surface area contributed by atoms with Crippen LogP contribution in [0.5, 0.6) is 0 Å². The first kappa shape index (κ1) is 12.2. The molecule has 0 bridgehead atoms. The normalized spacial score (nSPS) is 10.9. The van der Waals surface area contributed by atoms with Crippen LogP contribution >= 0.6 is 27.3 Å². The fourth-order valence-corrected chi connectivity index (χ4v) is 2.58. The second-order valence-corrected chi connectivity index (χ2v) is 5.82. The smallest absolute Gasteiger partial charge is 0.195 e. The molecule has 0 radical (unpaired) electrons. The van der Waals surface area contributed by atoms with Crippen molar-refractivity contribution in [2.24, 2.45) is 0 Å². The highest BCUT2D eigenvalue weighted by atomic mass is 79.9. The molecule has 1 aromatic heterocycles. The van der Waals surface area contributed by atoms with E-state index in [2.05, 4.69) is 15.9 Å².